The fourth-order valence-corrected chi connectivity index (χ4v) is 4.01. The molecule has 0 unspecified atom stereocenters. The van der Waals surface area contributed by atoms with Crippen molar-refractivity contribution in [3.63, 3.8) is 0 Å². The molecule has 1 aromatic heterocycles. The third-order valence-corrected chi connectivity index (χ3v) is 5.25. The van der Waals surface area contributed by atoms with Gasteiger partial charge in [-0.25, -0.2) is 0 Å². The van der Waals surface area contributed by atoms with E-state index in [1.54, 1.807) is 0 Å². The van der Waals surface area contributed by atoms with E-state index >= 15 is 0 Å². The number of halogens is 1. The van der Waals surface area contributed by atoms with E-state index in [2.05, 4.69) is 38.3 Å². The van der Waals surface area contributed by atoms with Crippen LogP contribution in [0, 0.1) is 0 Å². The molecule has 0 amide bonds. The largest absolute Gasteiger partial charge is 0.377 e. The van der Waals surface area contributed by atoms with E-state index in [-0.39, 0.29) is 5.54 Å². The maximum absolute atomic E-state index is 5.48. The molecule has 3 rings (SSSR count). The van der Waals surface area contributed by atoms with E-state index < -0.39 is 0 Å². The second-order valence-electron chi connectivity index (χ2n) is 4.37. The summed E-state index contributed by atoms with van der Waals surface area (Å²) in [6.45, 7) is 6.13. The van der Waals surface area contributed by atoms with Crippen LogP contribution in [-0.2, 0) is 10.3 Å². The highest BCUT2D eigenvalue weighted by molar-refractivity contribution is 9.11. The number of hydrogen-bond acceptors (Lipinski definition) is 4. The fraction of sp³-hybridized carbons (Fsp3) is 0.636. The fourth-order valence-electron chi connectivity index (χ4n) is 2.43. The lowest BCUT2D eigenvalue weighted by molar-refractivity contribution is -0.147. The smallest absolute Gasteiger partial charge is 0.103 e. The van der Waals surface area contributed by atoms with Crippen LogP contribution in [0.5, 0.6) is 0 Å². The summed E-state index contributed by atoms with van der Waals surface area (Å²) in [7, 11) is 0. The average molecular weight is 303 g/mol. The Balaban J connectivity index is 1.87. The molecule has 1 N–H and O–H groups in total. The van der Waals surface area contributed by atoms with E-state index in [0.717, 1.165) is 39.4 Å². The molecule has 2 aliphatic heterocycles. The van der Waals surface area contributed by atoms with Crippen LogP contribution in [-0.4, -0.2) is 44.3 Å². The van der Waals surface area contributed by atoms with Gasteiger partial charge in [0.25, 0.3) is 0 Å². The van der Waals surface area contributed by atoms with Gasteiger partial charge < -0.3 is 10.1 Å². The van der Waals surface area contributed by atoms with Gasteiger partial charge in [0.05, 0.1) is 17.0 Å². The van der Waals surface area contributed by atoms with Gasteiger partial charge in [0, 0.05) is 31.1 Å². The maximum Gasteiger partial charge on any atom is 0.103 e. The molecule has 16 heavy (non-hydrogen) atoms. The first-order chi connectivity index (χ1) is 7.81. The highest BCUT2D eigenvalue weighted by Gasteiger charge is 2.46. The standard InChI is InChI=1S/C11H15BrN2OS/c12-10-2-1-9(16-10)11(7-15-8-11)14-5-3-13-4-6-14/h1-2,13H,3-8H2. The topological polar surface area (TPSA) is 24.5 Å². The maximum atomic E-state index is 5.48. The zero-order valence-electron chi connectivity index (χ0n) is 9.04. The van der Waals surface area contributed by atoms with Gasteiger partial charge in [-0.05, 0) is 28.1 Å². The second-order valence-corrected chi connectivity index (χ2v) is 6.83. The summed E-state index contributed by atoms with van der Waals surface area (Å²) in [5, 5.41) is 3.40. The van der Waals surface area contributed by atoms with Gasteiger partial charge in [-0.3, -0.25) is 4.90 Å². The molecule has 3 heterocycles. The van der Waals surface area contributed by atoms with Crippen molar-refractivity contribution in [1.82, 2.24) is 10.2 Å². The van der Waals surface area contributed by atoms with Crippen molar-refractivity contribution >= 4 is 27.3 Å². The van der Waals surface area contributed by atoms with Crippen LogP contribution in [0.2, 0.25) is 0 Å². The Morgan fingerprint density at radius 2 is 2.06 bits per heavy atom. The summed E-state index contributed by atoms with van der Waals surface area (Å²) in [5.74, 6) is 0. The molecule has 0 saturated carbocycles. The van der Waals surface area contributed by atoms with Crippen molar-refractivity contribution in [2.75, 3.05) is 39.4 Å². The van der Waals surface area contributed by atoms with Crippen molar-refractivity contribution in [2.45, 2.75) is 5.54 Å². The molecular formula is C11H15BrN2OS. The lowest BCUT2D eigenvalue weighted by atomic mass is 9.92. The molecule has 5 heteroatoms. The van der Waals surface area contributed by atoms with Crippen LogP contribution < -0.4 is 5.32 Å². The van der Waals surface area contributed by atoms with Crippen molar-refractivity contribution in [2.24, 2.45) is 0 Å². The molecule has 0 radical (unpaired) electrons. The molecular weight excluding hydrogens is 288 g/mol. The van der Waals surface area contributed by atoms with Gasteiger partial charge in [0.15, 0.2) is 0 Å². The number of ether oxygens (including phenoxy) is 1. The van der Waals surface area contributed by atoms with Gasteiger partial charge in [-0.1, -0.05) is 0 Å². The lowest BCUT2D eigenvalue weighted by Crippen LogP contribution is -2.63. The molecule has 2 aliphatic rings. The van der Waals surface area contributed by atoms with E-state index in [0.29, 0.717) is 0 Å². The Bertz CT molecular complexity index is 372. The Morgan fingerprint density at radius 1 is 1.31 bits per heavy atom. The first kappa shape index (κ1) is 11.2. The zero-order chi connectivity index (χ0) is 11.0. The Kier molecular flexibility index (Phi) is 3.06. The molecule has 2 fully saturated rings. The summed E-state index contributed by atoms with van der Waals surface area (Å²) < 4.78 is 6.70. The lowest BCUT2D eigenvalue weighted by Gasteiger charge is -2.50. The number of nitrogens with zero attached hydrogens (tertiary/aromatic N) is 1. The van der Waals surface area contributed by atoms with Crippen LogP contribution in [0.15, 0.2) is 15.9 Å². The molecule has 1 aromatic rings. The number of thiophene rings is 1. The summed E-state index contributed by atoms with van der Waals surface area (Å²) in [6, 6.07) is 4.38. The molecule has 0 aromatic carbocycles. The highest BCUT2D eigenvalue weighted by atomic mass is 79.9. The van der Waals surface area contributed by atoms with Crippen molar-refractivity contribution in [1.29, 1.82) is 0 Å². The molecule has 0 aliphatic carbocycles. The Hall–Kier alpha value is 0.0600. The van der Waals surface area contributed by atoms with Crippen molar-refractivity contribution < 1.29 is 4.74 Å². The van der Waals surface area contributed by atoms with Crippen molar-refractivity contribution in [3.05, 3.63) is 20.8 Å². The SMILES string of the molecule is Brc1ccc(C2(N3CCNCC3)COC2)s1. The van der Waals surface area contributed by atoms with Crippen LogP contribution >= 0.6 is 27.3 Å². The third-order valence-electron chi connectivity index (χ3n) is 3.44. The molecule has 2 saturated heterocycles. The number of rotatable bonds is 2. The van der Waals surface area contributed by atoms with Crippen LogP contribution in [0.25, 0.3) is 0 Å². The van der Waals surface area contributed by atoms with Crippen LogP contribution in [0.3, 0.4) is 0 Å². The van der Waals surface area contributed by atoms with Gasteiger partial charge in [-0.15, -0.1) is 11.3 Å². The van der Waals surface area contributed by atoms with E-state index in [4.69, 9.17) is 4.74 Å². The summed E-state index contributed by atoms with van der Waals surface area (Å²) >= 11 is 5.39. The predicted molar refractivity (Wildman–Crippen MR) is 69.0 cm³/mol. The molecule has 88 valence electrons. The van der Waals surface area contributed by atoms with Gasteiger partial charge >= 0.3 is 0 Å². The van der Waals surface area contributed by atoms with E-state index in [1.165, 1.54) is 8.66 Å². The van der Waals surface area contributed by atoms with Crippen LogP contribution in [0.1, 0.15) is 4.88 Å². The predicted octanol–water partition coefficient (Wildman–Crippen LogP) is 1.64. The minimum Gasteiger partial charge on any atom is -0.377 e. The first-order valence-electron chi connectivity index (χ1n) is 5.61. The minimum absolute atomic E-state index is 0.165. The van der Waals surface area contributed by atoms with Gasteiger partial charge in [-0.2, -0.15) is 0 Å². The molecule has 0 spiro atoms. The summed E-state index contributed by atoms with van der Waals surface area (Å²) in [4.78, 5) is 4.01. The van der Waals surface area contributed by atoms with Crippen molar-refractivity contribution in [3.8, 4) is 0 Å². The van der Waals surface area contributed by atoms with E-state index in [1.807, 2.05) is 11.3 Å². The quantitative estimate of drug-likeness (QED) is 0.899. The summed E-state index contributed by atoms with van der Waals surface area (Å²) in [6.07, 6.45) is 0. The van der Waals surface area contributed by atoms with E-state index in [9.17, 15) is 0 Å². The highest BCUT2D eigenvalue weighted by Crippen LogP contribution is 2.41. The zero-order valence-corrected chi connectivity index (χ0v) is 11.4. The van der Waals surface area contributed by atoms with Gasteiger partial charge in [0.1, 0.15) is 5.54 Å². The number of piperazine rings is 1. The minimum atomic E-state index is 0.165. The molecule has 0 atom stereocenters. The Labute approximate surface area is 108 Å². The number of nitrogens with one attached hydrogen (secondary N) is 1. The van der Waals surface area contributed by atoms with Crippen LogP contribution in [0.4, 0.5) is 0 Å². The monoisotopic (exact) mass is 302 g/mol. The normalized spacial score (nSPS) is 25.3. The molecule has 3 nitrogen and oxygen atoms in total. The second kappa shape index (κ2) is 4.38. The molecule has 0 bridgehead atoms. The third kappa shape index (κ3) is 1.75. The average Bonchev–Trinajstić information content (AvgIpc) is 2.65. The van der Waals surface area contributed by atoms with Gasteiger partial charge in [0.2, 0.25) is 0 Å². The Morgan fingerprint density at radius 3 is 2.56 bits per heavy atom. The number of hydrogen-bond donors (Lipinski definition) is 1. The first-order valence-corrected chi connectivity index (χ1v) is 7.22. The summed E-state index contributed by atoms with van der Waals surface area (Å²) in [5.41, 5.74) is 0.165.